The molecule has 19 heavy (non-hydrogen) atoms. The molecular weight excluding hydrogens is 274 g/mol. The SMILES string of the molecule is CS(=O)(=O)c1cccc(OCC(O)COC(N)=O)c1. The molecule has 106 valence electrons. The summed E-state index contributed by atoms with van der Waals surface area (Å²) in [5.74, 6) is 0.293. The van der Waals surface area contributed by atoms with Crippen LogP contribution >= 0.6 is 0 Å². The molecule has 0 radical (unpaired) electrons. The summed E-state index contributed by atoms with van der Waals surface area (Å²) in [6.07, 6.45) is -0.950. The molecule has 1 aromatic rings. The van der Waals surface area contributed by atoms with Gasteiger partial charge in [0, 0.05) is 6.26 Å². The van der Waals surface area contributed by atoms with Gasteiger partial charge in [-0.25, -0.2) is 13.2 Å². The molecule has 0 bridgehead atoms. The second-order valence-corrected chi connectivity index (χ2v) is 5.86. The van der Waals surface area contributed by atoms with Crippen LogP contribution in [0.5, 0.6) is 5.75 Å². The topological polar surface area (TPSA) is 116 Å². The third kappa shape index (κ3) is 5.58. The van der Waals surface area contributed by atoms with Crippen molar-refractivity contribution in [2.45, 2.75) is 11.0 Å². The molecule has 1 amide bonds. The largest absolute Gasteiger partial charge is 0.491 e. The van der Waals surface area contributed by atoms with Gasteiger partial charge in [0.1, 0.15) is 25.1 Å². The average Bonchev–Trinajstić information content (AvgIpc) is 2.33. The van der Waals surface area contributed by atoms with Crippen LogP contribution in [0, 0.1) is 0 Å². The average molecular weight is 289 g/mol. The molecule has 0 saturated heterocycles. The maximum Gasteiger partial charge on any atom is 0.404 e. The monoisotopic (exact) mass is 289 g/mol. The first-order valence-electron chi connectivity index (χ1n) is 5.32. The van der Waals surface area contributed by atoms with E-state index in [-0.39, 0.29) is 18.1 Å². The van der Waals surface area contributed by atoms with Crippen LogP contribution in [0.3, 0.4) is 0 Å². The van der Waals surface area contributed by atoms with Crippen LogP contribution in [0.25, 0.3) is 0 Å². The summed E-state index contributed by atoms with van der Waals surface area (Å²) in [7, 11) is -3.31. The molecule has 0 aliphatic heterocycles. The highest BCUT2D eigenvalue weighted by Crippen LogP contribution is 2.17. The number of aliphatic hydroxyl groups excluding tert-OH is 1. The molecule has 1 aromatic carbocycles. The van der Waals surface area contributed by atoms with Gasteiger partial charge in [-0.05, 0) is 18.2 Å². The van der Waals surface area contributed by atoms with Gasteiger partial charge in [-0.15, -0.1) is 0 Å². The number of ether oxygens (including phenoxy) is 2. The van der Waals surface area contributed by atoms with Crippen molar-refractivity contribution in [3.63, 3.8) is 0 Å². The summed E-state index contributed by atoms with van der Waals surface area (Å²) in [4.78, 5) is 10.4. The zero-order chi connectivity index (χ0) is 14.5. The van der Waals surface area contributed by atoms with Crippen molar-refractivity contribution in [1.29, 1.82) is 0 Å². The number of primary amides is 1. The summed E-state index contributed by atoms with van der Waals surface area (Å²) in [5.41, 5.74) is 4.74. The summed E-state index contributed by atoms with van der Waals surface area (Å²) in [6, 6.07) is 5.86. The molecule has 0 fully saturated rings. The molecular formula is C11H15NO6S. The van der Waals surface area contributed by atoms with E-state index < -0.39 is 22.0 Å². The lowest BCUT2D eigenvalue weighted by Gasteiger charge is -2.12. The summed E-state index contributed by atoms with van der Waals surface area (Å²) >= 11 is 0. The standard InChI is InChI=1S/C11H15NO6S/c1-19(15,16)10-4-2-3-9(5-10)17-6-8(13)7-18-11(12)14/h2-5,8,13H,6-7H2,1H3,(H2,12,14). The zero-order valence-corrected chi connectivity index (χ0v) is 11.1. The maximum atomic E-state index is 11.3. The Morgan fingerprint density at radius 3 is 2.68 bits per heavy atom. The highest BCUT2D eigenvalue weighted by Gasteiger charge is 2.10. The molecule has 0 aromatic heterocycles. The Morgan fingerprint density at radius 2 is 2.11 bits per heavy atom. The van der Waals surface area contributed by atoms with E-state index in [1.54, 1.807) is 6.07 Å². The highest BCUT2D eigenvalue weighted by atomic mass is 32.2. The van der Waals surface area contributed by atoms with Crippen LogP contribution in [0.4, 0.5) is 4.79 Å². The predicted molar refractivity (Wildman–Crippen MR) is 66.6 cm³/mol. The highest BCUT2D eigenvalue weighted by molar-refractivity contribution is 7.90. The van der Waals surface area contributed by atoms with Crippen molar-refractivity contribution in [1.82, 2.24) is 0 Å². The first-order valence-corrected chi connectivity index (χ1v) is 7.21. The molecule has 7 nitrogen and oxygen atoms in total. The van der Waals surface area contributed by atoms with Crippen molar-refractivity contribution in [3.05, 3.63) is 24.3 Å². The Kier molecular flexibility index (Phi) is 5.13. The van der Waals surface area contributed by atoms with Gasteiger partial charge in [-0.1, -0.05) is 6.07 Å². The molecule has 0 spiro atoms. The molecule has 8 heteroatoms. The Balaban J connectivity index is 2.56. The maximum absolute atomic E-state index is 11.3. The van der Waals surface area contributed by atoms with Crippen molar-refractivity contribution in [2.75, 3.05) is 19.5 Å². The van der Waals surface area contributed by atoms with Crippen LogP contribution in [0.15, 0.2) is 29.2 Å². The van der Waals surface area contributed by atoms with Crippen molar-refractivity contribution < 1.29 is 27.8 Å². The van der Waals surface area contributed by atoms with Crippen LogP contribution in [-0.2, 0) is 14.6 Å². The quantitative estimate of drug-likeness (QED) is 0.757. The van der Waals surface area contributed by atoms with Gasteiger partial charge in [0.2, 0.25) is 0 Å². The van der Waals surface area contributed by atoms with Gasteiger partial charge in [0.25, 0.3) is 0 Å². The van der Waals surface area contributed by atoms with Gasteiger partial charge in [0.05, 0.1) is 4.90 Å². The van der Waals surface area contributed by atoms with E-state index in [0.717, 1.165) is 6.26 Å². The number of nitrogens with two attached hydrogens (primary N) is 1. The van der Waals surface area contributed by atoms with Crippen LogP contribution in [-0.4, -0.2) is 45.2 Å². The van der Waals surface area contributed by atoms with Crippen molar-refractivity contribution in [2.24, 2.45) is 5.73 Å². The Hall–Kier alpha value is -1.80. The molecule has 1 unspecified atom stereocenters. The molecule has 0 saturated carbocycles. The first-order chi connectivity index (χ1) is 8.79. The van der Waals surface area contributed by atoms with Crippen LogP contribution in [0.2, 0.25) is 0 Å². The molecule has 1 rings (SSSR count). The third-order valence-corrected chi connectivity index (χ3v) is 3.20. The zero-order valence-electron chi connectivity index (χ0n) is 10.3. The fourth-order valence-corrected chi connectivity index (χ4v) is 1.87. The summed E-state index contributed by atoms with van der Waals surface area (Å²) < 4.78 is 32.2. The number of aliphatic hydroxyl groups is 1. The van der Waals surface area contributed by atoms with Crippen molar-refractivity contribution in [3.8, 4) is 5.75 Å². The molecule has 0 aliphatic rings. The van der Waals surface area contributed by atoms with Gasteiger partial charge in [0.15, 0.2) is 9.84 Å². The van der Waals surface area contributed by atoms with Crippen LogP contribution in [0.1, 0.15) is 0 Å². The number of rotatable bonds is 6. The number of carbonyl (C=O) groups is 1. The van der Waals surface area contributed by atoms with Gasteiger partial charge >= 0.3 is 6.09 Å². The fraction of sp³-hybridized carbons (Fsp3) is 0.364. The third-order valence-electron chi connectivity index (χ3n) is 2.09. The second-order valence-electron chi connectivity index (χ2n) is 3.84. The number of hydrogen-bond acceptors (Lipinski definition) is 6. The lowest BCUT2D eigenvalue weighted by molar-refractivity contribution is 0.0419. The lowest BCUT2D eigenvalue weighted by atomic mass is 10.3. The Labute approximate surface area is 110 Å². The predicted octanol–water partition coefficient (Wildman–Crippen LogP) is -0.0749. The number of sulfone groups is 1. The van der Waals surface area contributed by atoms with E-state index in [0.29, 0.717) is 5.75 Å². The van der Waals surface area contributed by atoms with Crippen molar-refractivity contribution >= 4 is 15.9 Å². The fourth-order valence-electron chi connectivity index (χ4n) is 1.21. The minimum Gasteiger partial charge on any atom is -0.491 e. The molecule has 1 atom stereocenters. The first kappa shape index (κ1) is 15.3. The number of benzene rings is 1. The van der Waals surface area contributed by atoms with E-state index >= 15 is 0 Å². The minimum atomic E-state index is -3.31. The van der Waals surface area contributed by atoms with Gasteiger partial charge < -0.3 is 20.3 Å². The van der Waals surface area contributed by atoms with E-state index in [2.05, 4.69) is 4.74 Å². The Bertz CT molecular complexity index is 542. The smallest absolute Gasteiger partial charge is 0.404 e. The van der Waals surface area contributed by atoms with E-state index in [1.807, 2.05) is 0 Å². The number of carbonyl (C=O) groups excluding carboxylic acids is 1. The normalized spacial score (nSPS) is 12.7. The van der Waals surface area contributed by atoms with E-state index in [1.165, 1.54) is 18.2 Å². The van der Waals surface area contributed by atoms with E-state index in [4.69, 9.17) is 10.5 Å². The van der Waals surface area contributed by atoms with Gasteiger partial charge in [-0.3, -0.25) is 0 Å². The minimum absolute atomic E-state index is 0.118. The molecule has 3 N–H and O–H groups in total. The lowest BCUT2D eigenvalue weighted by Crippen LogP contribution is -2.27. The van der Waals surface area contributed by atoms with Crippen LogP contribution < -0.4 is 10.5 Å². The summed E-state index contributed by atoms with van der Waals surface area (Å²) in [6.45, 7) is -0.443. The second kappa shape index (κ2) is 6.39. The summed E-state index contributed by atoms with van der Waals surface area (Å²) in [5, 5.41) is 9.41. The Morgan fingerprint density at radius 1 is 1.42 bits per heavy atom. The number of hydrogen-bond donors (Lipinski definition) is 2. The molecule has 0 aliphatic carbocycles. The van der Waals surface area contributed by atoms with E-state index in [9.17, 15) is 18.3 Å². The molecule has 0 heterocycles. The van der Waals surface area contributed by atoms with Gasteiger partial charge in [-0.2, -0.15) is 0 Å². The number of amides is 1.